The minimum atomic E-state index is -0.621. The van der Waals surface area contributed by atoms with Crippen molar-refractivity contribution in [3.05, 3.63) is 46.5 Å². The van der Waals surface area contributed by atoms with E-state index in [0.29, 0.717) is 31.0 Å². The summed E-state index contributed by atoms with van der Waals surface area (Å²) in [5, 5.41) is 5.85. The van der Waals surface area contributed by atoms with Crippen molar-refractivity contribution in [3.8, 4) is 0 Å². The number of amides is 3. The maximum absolute atomic E-state index is 13.2. The summed E-state index contributed by atoms with van der Waals surface area (Å²) in [5.74, 6) is -0.368. The molecule has 172 valence electrons. The number of aromatic nitrogens is 3. The Morgan fingerprint density at radius 1 is 1.12 bits per heavy atom. The molecule has 1 unspecified atom stereocenters. The van der Waals surface area contributed by atoms with Crippen LogP contribution in [0.25, 0.3) is 0 Å². The van der Waals surface area contributed by atoms with E-state index in [4.69, 9.17) is 11.6 Å². The number of imide groups is 1. The molecular formula is C22H24ClN7O3. The average Bonchev–Trinajstić information content (AvgIpc) is 3.14. The summed E-state index contributed by atoms with van der Waals surface area (Å²) in [7, 11) is 0. The van der Waals surface area contributed by atoms with Crippen LogP contribution in [-0.2, 0) is 22.7 Å². The predicted molar refractivity (Wildman–Crippen MR) is 119 cm³/mol. The third-order valence-electron chi connectivity index (χ3n) is 6.48. The summed E-state index contributed by atoms with van der Waals surface area (Å²) in [4.78, 5) is 53.2. The summed E-state index contributed by atoms with van der Waals surface area (Å²) >= 11 is 6.03. The van der Waals surface area contributed by atoms with Gasteiger partial charge in [0, 0.05) is 31.1 Å². The molecule has 2 saturated heterocycles. The van der Waals surface area contributed by atoms with Crippen LogP contribution < -0.4 is 15.5 Å². The second-order valence-electron chi connectivity index (χ2n) is 8.56. The number of piperidine rings is 2. The molecule has 11 heteroatoms. The van der Waals surface area contributed by atoms with Gasteiger partial charge in [0.05, 0.1) is 0 Å². The molecule has 0 spiro atoms. The number of hydrogen-bond donors (Lipinski definition) is 2. The molecule has 3 amide bonds. The highest BCUT2D eigenvalue weighted by Crippen LogP contribution is 2.29. The van der Waals surface area contributed by atoms with Gasteiger partial charge in [-0.1, -0.05) is 12.1 Å². The first-order valence-electron chi connectivity index (χ1n) is 11.1. The van der Waals surface area contributed by atoms with Crippen molar-refractivity contribution in [1.82, 2.24) is 30.5 Å². The largest absolute Gasteiger partial charge is 0.333 e. The Bertz CT molecular complexity index is 1110. The Morgan fingerprint density at radius 3 is 2.70 bits per heavy atom. The number of fused-ring (bicyclic) bond motifs is 1. The molecule has 1 aromatic heterocycles. The molecule has 4 heterocycles. The van der Waals surface area contributed by atoms with E-state index in [1.807, 2.05) is 18.2 Å². The highest BCUT2D eigenvalue weighted by Gasteiger charge is 2.39. The molecule has 0 bridgehead atoms. The van der Waals surface area contributed by atoms with Gasteiger partial charge >= 0.3 is 0 Å². The number of hydrogen-bond acceptors (Lipinski definition) is 8. The maximum Gasteiger partial charge on any atom is 0.255 e. The van der Waals surface area contributed by atoms with Crippen LogP contribution in [0.3, 0.4) is 0 Å². The van der Waals surface area contributed by atoms with E-state index < -0.39 is 11.9 Å². The number of nitrogens with zero attached hydrogens (tertiary/aromatic N) is 5. The van der Waals surface area contributed by atoms with E-state index in [9.17, 15) is 14.4 Å². The zero-order valence-electron chi connectivity index (χ0n) is 18.0. The van der Waals surface area contributed by atoms with Gasteiger partial charge in [0.2, 0.25) is 23.0 Å². The number of rotatable bonds is 5. The van der Waals surface area contributed by atoms with Gasteiger partial charge < -0.3 is 15.1 Å². The highest BCUT2D eigenvalue weighted by atomic mass is 35.5. The zero-order chi connectivity index (χ0) is 22.9. The smallest absolute Gasteiger partial charge is 0.255 e. The van der Waals surface area contributed by atoms with Crippen LogP contribution in [0.2, 0.25) is 5.28 Å². The SMILES string of the molecule is O=C1CCC(N2Cc3ccc(CN(c4ncnc(Cl)n4)C4CCNCC4)cc3C2=O)C(=O)N1. The molecule has 2 aromatic rings. The Balaban J connectivity index is 1.38. The van der Waals surface area contributed by atoms with Crippen molar-refractivity contribution >= 4 is 35.3 Å². The molecule has 33 heavy (non-hydrogen) atoms. The lowest BCUT2D eigenvalue weighted by Gasteiger charge is -2.34. The van der Waals surface area contributed by atoms with Crippen molar-refractivity contribution in [2.45, 2.75) is 50.9 Å². The van der Waals surface area contributed by atoms with Crippen LogP contribution in [0.5, 0.6) is 0 Å². The lowest BCUT2D eigenvalue weighted by Crippen LogP contribution is -2.52. The quantitative estimate of drug-likeness (QED) is 0.623. The summed E-state index contributed by atoms with van der Waals surface area (Å²) in [6.45, 7) is 2.69. The second kappa shape index (κ2) is 9.03. The fourth-order valence-electron chi connectivity index (χ4n) is 4.79. The first-order valence-corrected chi connectivity index (χ1v) is 11.5. The van der Waals surface area contributed by atoms with Crippen LogP contribution in [0.1, 0.15) is 47.2 Å². The van der Waals surface area contributed by atoms with Gasteiger partial charge in [-0.05, 0) is 61.1 Å². The Morgan fingerprint density at radius 2 is 1.94 bits per heavy atom. The number of carbonyl (C=O) groups excluding carboxylic acids is 3. The monoisotopic (exact) mass is 469 g/mol. The molecule has 3 aliphatic rings. The third kappa shape index (κ3) is 4.40. The minimum Gasteiger partial charge on any atom is -0.333 e. The molecule has 10 nitrogen and oxygen atoms in total. The fourth-order valence-corrected chi connectivity index (χ4v) is 4.90. The standard InChI is InChI=1S/C22H24ClN7O3/c23-21-25-12-26-22(28-21)29(15-5-7-24-8-6-15)10-13-1-2-14-11-30(20(33)16(14)9-13)17-3-4-18(31)27-19(17)32/h1-2,9,12,15,17,24H,3-8,10-11H2,(H,27,31,32). The van der Waals surface area contributed by atoms with Crippen LogP contribution in [0.15, 0.2) is 24.5 Å². The van der Waals surface area contributed by atoms with E-state index in [1.54, 1.807) is 4.90 Å². The van der Waals surface area contributed by atoms with Gasteiger partial charge in [0.15, 0.2) is 0 Å². The van der Waals surface area contributed by atoms with E-state index >= 15 is 0 Å². The molecule has 2 N–H and O–H groups in total. The number of carbonyl (C=O) groups is 3. The predicted octanol–water partition coefficient (Wildman–Crippen LogP) is 1.04. The fraction of sp³-hybridized carbons (Fsp3) is 0.455. The molecular weight excluding hydrogens is 446 g/mol. The normalized spacial score (nSPS) is 21.2. The second-order valence-corrected chi connectivity index (χ2v) is 8.89. The zero-order valence-corrected chi connectivity index (χ0v) is 18.7. The van der Waals surface area contributed by atoms with Crippen LogP contribution in [-0.4, -0.2) is 62.7 Å². The highest BCUT2D eigenvalue weighted by molar-refractivity contribution is 6.28. The van der Waals surface area contributed by atoms with Crippen molar-refractivity contribution in [2.24, 2.45) is 0 Å². The van der Waals surface area contributed by atoms with E-state index in [-0.39, 0.29) is 29.6 Å². The number of anilines is 1. The van der Waals surface area contributed by atoms with Crippen molar-refractivity contribution in [2.75, 3.05) is 18.0 Å². The van der Waals surface area contributed by atoms with Gasteiger partial charge in [-0.3, -0.25) is 19.7 Å². The average molecular weight is 470 g/mol. The van der Waals surface area contributed by atoms with Gasteiger partial charge in [0.25, 0.3) is 5.91 Å². The van der Waals surface area contributed by atoms with Crippen molar-refractivity contribution < 1.29 is 14.4 Å². The summed E-state index contributed by atoms with van der Waals surface area (Å²) in [6.07, 6.45) is 3.87. The maximum atomic E-state index is 13.2. The van der Waals surface area contributed by atoms with Crippen LogP contribution in [0, 0.1) is 0 Å². The lowest BCUT2D eigenvalue weighted by atomic mass is 10.0. The Kier molecular flexibility index (Phi) is 5.94. The van der Waals surface area contributed by atoms with Crippen molar-refractivity contribution in [3.63, 3.8) is 0 Å². The summed E-state index contributed by atoms with van der Waals surface area (Å²) < 4.78 is 0. The molecule has 3 aliphatic heterocycles. The van der Waals surface area contributed by atoms with Gasteiger partial charge in [0.1, 0.15) is 12.4 Å². The van der Waals surface area contributed by atoms with Gasteiger partial charge in [-0.2, -0.15) is 4.98 Å². The van der Waals surface area contributed by atoms with E-state index in [1.165, 1.54) is 6.33 Å². The Hall–Kier alpha value is -3.11. The van der Waals surface area contributed by atoms with E-state index in [0.717, 1.165) is 37.1 Å². The van der Waals surface area contributed by atoms with Gasteiger partial charge in [-0.25, -0.2) is 9.97 Å². The number of benzene rings is 1. The number of halogens is 1. The van der Waals surface area contributed by atoms with E-state index in [2.05, 4.69) is 30.5 Å². The summed E-state index contributed by atoms with van der Waals surface area (Å²) in [6, 6.07) is 5.44. The first kappa shape index (κ1) is 21.7. The molecule has 0 saturated carbocycles. The summed E-state index contributed by atoms with van der Waals surface area (Å²) in [5.41, 5.74) is 2.42. The molecule has 5 rings (SSSR count). The number of nitrogens with one attached hydrogen (secondary N) is 2. The first-order chi connectivity index (χ1) is 16.0. The van der Waals surface area contributed by atoms with Crippen LogP contribution >= 0.6 is 11.6 Å². The molecule has 0 aliphatic carbocycles. The minimum absolute atomic E-state index is 0.142. The van der Waals surface area contributed by atoms with Crippen molar-refractivity contribution in [1.29, 1.82) is 0 Å². The molecule has 2 fully saturated rings. The van der Waals surface area contributed by atoms with Crippen LogP contribution in [0.4, 0.5) is 5.95 Å². The Labute approximate surface area is 195 Å². The molecule has 1 aromatic carbocycles. The van der Waals surface area contributed by atoms with Gasteiger partial charge in [-0.15, -0.1) is 0 Å². The molecule has 0 radical (unpaired) electrons. The lowest BCUT2D eigenvalue weighted by molar-refractivity contribution is -0.136. The molecule has 1 atom stereocenters. The topological polar surface area (TPSA) is 120 Å². The third-order valence-corrected chi connectivity index (χ3v) is 6.66.